The van der Waals surface area contributed by atoms with Crippen molar-refractivity contribution in [2.75, 3.05) is 17.2 Å². The van der Waals surface area contributed by atoms with Crippen molar-refractivity contribution in [1.82, 2.24) is 9.80 Å². The van der Waals surface area contributed by atoms with E-state index in [4.69, 9.17) is 0 Å². The molecule has 1 unspecified atom stereocenters. The van der Waals surface area contributed by atoms with Crippen LogP contribution in [0.2, 0.25) is 0 Å². The second-order valence-electron chi connectivity index (χ2n) is 8.26. The minimum absolute atomic E-state index is 0.238. The summed E-state index contributed by atoms with van der Waals surface area (Å²) in [5.41, 5.74) is 1.73. The first-order valence-corrected chi connectivity index (χ1v) is 11.8. The van der Waals surface area contributed by atoms with Crippen LogP contribution in [0, 0.1) is 0 Å². The number of thioether (sulfide) groups is 1. The van der Waals surface area contributed by atoms with E-state index in [9.17, 15) is 19.2 Å². The van der Waals surface area contributed by atoms with Crippen molar-refractivity contribution >= 4 is 41.2 Å². The lowest BCUT2D eigenvalue weighted by atomic mass is 10.1. The molecule has 5 amide bonds. The predicted octanol–water partition coefficient (Wildman–Crippen LogP) is 3.60. The first kappa shape index (κ1) is 20.8. The Kier molecular flexibility index (Phi) is 5.46. The summed E-state index contributed by atoms with van der Waals surface area (Å²) in [6.07, 6.45) is 3.27. The van der Waals surface area contributed by atoms with E-state index in [2.05, 4.69) is 0 Å². The second kappa shape index (κ2) is 8.43. The molecule has 5 rings (SSSR count). The van der Waals surface area contributed by atoms with Crippen molar-refractivity contribution in [1.29, 1.82) is 0 Å². The molecule has 1 aliphatic carbocycles. The highest BCUT2D eigenvalue weighted by Crippen LogP contribution is 2.43. The van der Waals surface area contributed by atoms with Crippen LogP contribution in [0.25, 0.3) is 0 Å². The fourth-order valence-corrected chi connectivity index (χ4v) is 5.94. The number of nitrogens with zero attached hydrogens (tertiary/aromatic N) is 3. The van der Waals surface area contributed by atoms with Crippen LogP contribution in [0.1, 0.15) is 37.3 Å². The van der Waals surface area contributed by atoms with Crippen molar-refractivity contribution in [3.63, 3.8) is 0 Å². The molecule has 0 radical (unpaired) electrons. The molecule has 32 heavy (non-hydrogen) atoms. The zero-order chi connectivity index (χ0) is 22.2. The molecule has 2 aromatic rings. The van der Waals surface area contributed by atoms with E-state index >= 15 is 0 Å². The van der Waals surface area contributed by atoms with Crippen molar-refractivity contribution in [3.8, 4) is 0 Å². The molecule has 2 aliphatic heterocycles. The molecule has 1 saturated heterocycles. The van der Waals surface area contributed by atoms with Gasteiger partial charge in [0.25, 0.3) is 0 Å². The molecule has 0 N–H and O–H groups in total. The molecule has 164 valence electrons. The van der Waals surface area contributed by atoms with Crippen LogP contribution in [0.15, 0.2) is 59.5 Å². The Labute approximate surface area is 190 Å². The summed E-state index contributed by atoms with van der Waals surface area (Å²) >= 11 is 1.67. The minimum atomic E-state index is -0.911. The molecular weight excluding hydrogens is 426 g/mol. The van der Waals surface area contributed by atoms with Crippen molar-refractivity contribution < 1.29 is 19.2 Å². The van der Waals surface area contributed by atoms with E-state index in [1.54, 1.807) is 16.7 Å². The number of imide groups is 2. The number of hydrogen-bond donors (Lipinski definition) is 0. The number of carbonyl (C=O) groups is 4. The molecule has 7 nitrogen and oxygen atoms in total. The molecule has 3 aliphatic rings. The van der Waals surface area contributed by atoms with Gasteiger partial charge in [0.1, 0.15) is 6.54 Å². The van der Waals surface area contributed by atoms with Gasteiger partial charge in [-0.15, -0.1) is 11.8 Å². The fraction of sp³-hybridized carbons (Fsp3) is 0.333. The normalized spacial score (nSPS) is 21.4. The lowest BCUT2D eigenvalue weighted by molar-refractivity contribution is -0.144. The Bertz CT molecular complexity index is 1080. The molecule has 2 heterocycles. The lowest BCUT2D eigenvalue weighted by Gasteiger charge is -2.37. The maximum atomic E-state index is 13.6. The summed E-state index contributed by atoms with van der Waals surface area (Å²) in [4.78, 5) is 56.2. The summed E-state index contributed by atoms with van der Waals surface area (Å²) in [5, 5.41) is 0. The van der Waals surface area contributed by atoms with Gasteiger partial charge in [0.2, 0.25) is 5.91 Å². The summed E-state index contributed by atoms with van der Waals surface area (Å²) in [6.45, 7) is -0.449. The van der Waals surface area contributed by atoms with Gasteiger partial charge in [-0.1, -0.05) is 55.3 Å². The molecule has 1 atom stereocenters. The topological polar surface area (TPSA) is 78.0 Å². The van der Waals surface area contributed by atoms with Crippen LogP contribution in [0.5, 0.6) is 0 Å². The number of rotatable bonds is 4. The van der Waals surface area contributed by atoms with Crippen LogP contribution in [0.4, 0.5) is 10.5 Å². The summed E-state index contributed by atoms with van der Waals surface area (Å²) in [7, 11) is 0. The number of para-hydroxylation sites is 1. The van der Waals surface area contributed by atoms with Crippen LogP contribution in [0.3, 0.4) is 0 Å². The van der Waals surface area contributed by atoms with E-state index in [0.29, 0.717) is 18.6 Å². The third-order valence-corrected chi connectivity index (χ3v) is 7.49. The molecule has 8 heteroatoms. The third-order valence-electron chi connectivity index (χ3n) is 6.35. The molecule has 1 saturated carbocycles. The standard InChI is InChI=1S/C24H23N3O4S/c28-21(14-25-22(29)23(30)26(24(25)31)17-10-4-5-11-17)27-18-12-6-7-13-20(18)32-15-19(27)16-8-2-1-3-9-16/h1-3,6-9,12-13,17,19H,4-5,10-11,14-15H2. The first-order chi connectivity index (χ1) is 15.6. The average molecular weight is 450 g/mol. The van der Waals surface area contributed by atoms with Crippen molar-refractivity contribution in [3.05, 3.63) is 60.2 Å². The molecule has 2 fully saturated rings. The van der Waals surface area contributed by atoms with Gasteiger partial charge < -0.3 is 4.90 Å². The molecule has 0 aromatic heterocycles. The molecule has 0 spiro atoms. The van der Waals surface area contributed by atoms with Crippen LogP contribution < -0.4 is 4.90 Å². The Morgan fingerprint density at radius 3 is 2.34 bits per heavy atom. The second-order valence-corrected chi connectivity index (χ2v) is 9.32. The smallest absolute Gasteiger partial charge is 0.301 e. The SMILES string of the molecule is O=C1C(=O)N(C2CCCC2)C(=O)N1CC(=O)N1c2ccccc2SCC1c1ccccc1. The zero-order valence-electron chi connectivity index (χ0n) is 17.5. The Morgan fingerprint density at radius 2 is 1.59 bits per heavy atom. The Morgan fingerprint density at radius 1 is 0.906 bits per heavy atom. The Hall–Kier alpha value is -3.13. The maximum Gasteiger partial charge on any atom is 0.334 e. The lowest BCUT2D eigenvalue weighted by Crippen LogP contribution is -2.47. The van der Waals surface area contributed by atoms with Gasteiger partial charge >= 0.3 is 17.8 Å². The summed E-state index contributed by atoms with van der Waals surface area (Å²) in [5.74, 6) is -1.45. The number of hydrogen-bond acceptors (Lipinski definition) is 5. The highest BCUT2D eigenvalue weighted by Gasteiger charge is 2.49. The largest absolute Gasteiger partial charge is 0.334 e. The number of benzene rings is 2. The van der Waals surface area contributed by atoms with Crippen LogP contribution in [-0.2, 0) is 14.4 Å². The van der Waals surface area contributed by atoms with E-state index < -0.39 is 24.4 Å². The highest BCUT2D eigenvalue weighted by atomic mass is 32.2. The minimum Gasteiger partial charge on any atom is -0.301 e. The number of anilines is 1. The van der Waals surface area contributed by atoms with E-state index in [0.717, 1.165) is 38.8 Å². The average Bonchev–Trinajstić information content (AvgIpc) is 3.42. The van der Waals surface area contributed by atoms with Gasteiger partial charge in [-0.25, -0.2) is 9.69 Å². The van der Waals surface area contributed by atoms with Gasteiger partial charge in [-0.2, -0.15) is 0 Å². The van der Waals surface area contributed by atoms with Gasteiger partial charge in [0.05, 0.1) is 11.7 Å². The van der Waals surface area contributed by atoms with Gasteiger partial charge in [-0.05, 0) is 30.5 Å². The Balaban J connectivity index is 1.44. The third kappa shape index (κ3) is 3.48. The zero-order valence-corrected chi connectivity index (χ0v) is 18.3. The van der Waals surface area contributed by atoms with E-state index in [1.165, 1.54) is 0 Å². The predicted molar refractivity (Wildman–Crippen MR) is 120 cm³/mol. The van der Waals surface area contributed by atoms with Crippen molar-refractivity contribution in [2.24, 2.45) is 0 Å². The first-order valence-electron chi connectivity index (χ1n) is 10.8. The monoisotopic (exact) mass is 449 g/mol. The van der Waals surface area contributed by atoms with E-state index in [-0.39, 0.29) is 18.0 Å². The number of carbonyl (C=O) groups excluding carboxylic acids is 4. The summed E-state index contributed by atoms with van der Waals surface area (Å²) < 4.78 is 0. The molecular formula is C24H23N3O4S. The van der Waals surface area contributed by atoms with Gasteiger partial charge in [0.15, 0.2) is 0 Å². The molecule has 0 bridgehead atoms. The quantitative estimate of drug-likeness (QED) is 0.527. The fourth-order valence-electron chi connectivity index (χ4n) is 4.78. The number of urea groups is 1. The van der Waals surface area contributed by atoms with Crippen molar-refractivity contribution in [2.45, 2.75) is 42.7 Å². The van der Waals surface area contributed by atoms with E-state index in [1.807, 2.05) is 54.6 Å². The van der Waals surface area contributed by atoms with Crippen LogP contribution >= 0.6 is 11.8 Å². The molecule has 2 aromatic carbocycles. The van der Waals surface area contributed by atoms with Crippen LogP contribution in [-0.4, -0.2) is 51.9 Å². The van der Waals surface area contributed by atoms with Gasteiger partial charge in [-0.3, -0.25) is 19.3 Å². The maximum absolute atomic E-state index is 13.6. The number of amides is 5. The van der Waals surface area contributed by atoms with Gasteiger partial charge in [0, 0.05) is 16.7 Å². The highest BCUT2D eigenvalue weighted by molar-refractivity contribution is 7.99. The summed E-state index contributed by atoms with van der Waals surface area (Å²) in [6, 6.07) is 16.2. The number of fused-ring (bicyclic) bond motifs is 1.